The van der Waals surface area contributed by atoms with Gasteiger partial charge in [0.1, 0.15) is 0 Å². The third kappa shape index (κ3) is 3.10. The maximum Gasteiger partial charge on any atom is 0.0715 e. The number of nitrogens with two attached hydrogens (primary N) is 1. The third-order valence-corrected chi connectivity index (χ3v) is 3.84. The van der Waals surface area contributed by atoms with Crippen LogP contribution in [0.5, 0.6) is 0 Å². The van der Waals surface area contributed by atoms with Gasteiger partial charge in [-0.05, 0) is 18.4 Å². The minimum absolute atomic E-state index is 0.109. The van der Waals surface area contributed by atoms with Gasteiger partial charge in [0, 0.05) is 25.2 Å². The molecule has 0 aromatic heterocycles. The van der Waals surface area contributed by atoms with Crippen LogP contribution in [-0.2, 0) is 0 Å². The Morgan fingerprint density at radius 1 is 1.39 bits per heavy atom. The fourth-order valence-electron chi connectivity index (χ4n) is 2.79. The topological polar surface area (TPSA) is 49.5 Å². The van der Waals surface area contributed by atoms with Gasteiger partial charge in [0.05, 0.1) is 6.10 Å². The molecule has 1 saturated heterocycles. The van der Waals surface area contributed by atoms with Crippen LogP contribution in [0.2, 0.25) is 0 Å². The van der Waals surface area contributed by atoms with Crippen molar-refractivity contribution in [2.75, 3.05) is 13.1 Å². The van der Waals surface area contributed by atoms with Gasteiger partial charge in [0.25, 0.3) is 0 Å². The van der Waals surface area contributed by atoms with Gasteiger partial charge < -0.3 is 10.8 Å². The van der Waals surface area contributed by atoms with Gasteiger partial charge in [-0.15, -0.1) is 0 Å². The Bertz CT molecular complexity index is 355. The molecule has 0 aliphatic carbocycles. The molecular weight excluding hydrogens is 224 g/mol. The maximum atomic E-state index is 9.73. The first-order valence-electron chi connectivity index (χ1n) is 6.95. The predicted molar refractivity (Wildman–Crippen MR) is 74.3 cm³/mol. The lowest BCUT2D eigenvalue weighted by molar-refractivity contribution is 0.0400. The van der Waals surface area contributed by atoms with E-state index in [9.17, 15) is 5.11 Å². The lowest BCUT2D eigenvalue weighted by Crippen LogP contribution is -2.52. The van der Waals surface area contributed by atoms with Gasteiger partial charge in [-0.2, -0.15) is 0 Å². The molecule has 3 N–H and O–H groups in total. The molecule has 100 valence electrons. The standard InChI is InChI=1S/C15H24N2O/c1-2-6-14(12-7-4-3-5-8-12)17-10-9-15(18)13(16)11-17/h3-5,7-8,13-15,18H,2,6,9-11,16H2,1H3/t13-,14?,15-/m1/s1. The Balaban J connectivity index is 2.11. The minimum atomic E-state index is -0.334. The summed E-state index contributed by atoms with van der Waals surface area (Å²) in [4.78, 5) is 2.43. The predicted octanol–water partition coefficient (Wildman–Crippen LogP) is 1.92. The third-order valence-electron chi connectivity index (χ3n) is 3.84. The SMILES string of the molecule is CCCC(c1ccccc1)N1CC[C@@H](O)[C@H](N)C1. The molecule has 3 heteroatoms. The molecule has 3 atom stereocenters. The van der Waals surface area contributed by atoms with E-state index in [4.69, 9.17) is 5.73 Å². The van der Waals surface area contributed by atoms with Crippen LogP contribution in [0.15, 0.2) is 30.3 Å². The Labute approximate surface area is 110 Å². The highest BCUT2D eigenvalue weighted by atomic mass is 16.3. The van der Waals surface area contributed by atoms with Gasteiger partial charge in [-0.1, -0.05) is 43.7 Å². The molecule has 1 fully saturated rings. The number of hydrogen-bond donors (Lipinski definition) is 2. The first-order chi connectivity index (χ1) is 8.72. The van der Waals surface area contributed by atoms with Crippen LogP contribution in [0.4, 0.5) is 0 Å². The molecule has 2 rings (SSSR count). The Kier molecular flexibility index (Phi) is 4.75. The summed E-state index contributed by atoms with van der Waals surface area (Å²) in [5, 5.41) is 9.73. The lowest BCUT2D eigenvalue weighted by Gasteiger charge is -2.39. The molecule has 0 bridgehead atoms. The fraction of sp³-hybridized carbons (Fsp3) is 0.600. The average molecular weight is 248 g/mol. The van der Waals surface area contributed by atoms with Gasteiger partial charge in [-0.3, -0.25) is 4.90 Å². The molecule has 0 radical (unpaired) electrons. The number of benzene rings is 1. The van der Waals surface area contributed by atoms with Crippen molar-refractivity contribution in [3.63, 3.8) is 0 Å². The molecule has 1 unspecified atom stereocenters. The van der Waals surface area contributed by atoms with Crippen molar-refractivity contribution in [1.29, 1.82) is 0 Å². The minimum Gasteiger partial charge on any atom is -0.391 e. The van der Waals surface area contributed by atoms with E-state index in [1.165, 1.54) is 5.56 Å². The quantitative estimate of drug-likeness (QED) is 0.856. The van der Waals surface area contributed by atoms with Crippen LogP contribution in [-0.4, -0.2) is 35.2 Å². The maximum absolute atomic E-state index is 9.73. The number of piperidine rings is 1. The molecule has 3 nitrogen and oxygen atoms in total. The summed E-state index contributed by atoms with van der Waals surface area (Å²) in [6.07, 6.45) is 2.76. The number of nitrogens with zero attached hydrogens (tertiary/aromatic N) is 1. The molecule has 1 aliphatic heterocycles. The van der Waals surface area contributed by atoms with Crippen LogP contribution in [0.25, 0.3) is 0 Å². The monoisotopic (exact) mass is 248 g/mol. The second-order valence-corrected chi connectivity index (χ2v) is 5.23. The molecule has 1 heterocycles. The van der Waals surface area contributed by atoms with Crippen LogP contribution < -0.4 is 5.73 Å². The average Bonchev–Trinajstić information content (AvgIpc) is 2.40. The van der Waals surface area contributed by atoms with E-state index in [0.717, 1.165) is 32.4 Å². The van der Waals surface area contributed by atoms with E-state index in [2.05, 4.69) is 42.2 Å². The molecular formula is C15H24N2O. The second kappa shape index (κ2) is 6.32. The normalized spacial score (nSPS) is 27.1. The van der Waals surface area contributed by atoms with Crippen LogP contribution in [0, 0.1) is 0 Å². The Morgan fingerprint density at radius 3 is 2.72 bits per heavy atom. The van der Waals surface area contributed by atoms with Crippen molar-refractivity contribution in [3.05, 3.63) is 35.9 Å². The number of aliphatic hydroxyl groups is 1. The summed E-state index contributed by atoms with van der Waals surface area (Å²) < 4.78 is 0. The van der Waals surface area contributed by atoms with Crippen LogP contribution in [0.3, 0.4) is 0 Å². The molecule has 18 heavy (non-hydrogen) atoms. The summed E-state index contributed by atoms with van der Waals surface area (Å²) >= 11 is 0. The van der Waals surface area contributed by atoms with E-state index in [1.54, 1.807) is 0 Å². The highest BCUT2D eigenvalue weighted by molar-refractivity contribution is 5.19. The number of aliphatic hydroxyl groups excluding tert-OH is 1. The fourth-order valence-corrected chi connectivity index (χ4v) is 2.79. The van der Waals surface area contributed by atoms with Crippen molar-refractivity contribution in [2.45, 2.75) is 44.4 Å². The number of likely N-dealkylation sites (tertiary alicyclic amines) is 1. The Hall–Kier alpha value is -0.900. The largest absolute Gasteiger partial charge is 0.391 e. The van der Waals surface area contributed by atoms with Crippen LogP contribution >= 0.6 is 0 Å². The van der Waals surface area contributed by atoms with E-state index in [1.807, 2.05) is 0 Å². The zero-order valence-electron chi connectivity index (χ0n) is 11.1. The zero-order valence-corrected chi connectivity index (χ0v) is 11.1. The van der Waals surface area contributed by atoms with Gasteiger partial charge in [0.15, 0.2) is 0 Å². The Morgan fingerprint density at radius 2 is 2.11 bits per heavy atom. The molecule has 1 aliphatic rings. The highest BCUT2D eigenvalue weighted by Gasteiger charge is 2.29. The van der Waals surface area contributed by atoms with Gasteiger partial charge in [-0.25, -0.2) is 0 Å². The smallest absolute Gasteiger partial charge is 0.0715 e. The molecule has 0 saturated carbocycles. The van der Waals surface area contributed by atoms with Crippen molar-refractivity contribution < 1.29 is 5.11 Å². The number of rotatable bonds is 4. The molecule has 1 aromatic rings. The van der Waals surface area contributed by atoms with Crippen molar-refractivity contribution in [3.8, 4) is 0 Å². The first-order valence-corrected chi connectivity index (χ1v) is 6.95. The highest BCUT2D eigenvalue weighted by Crippen LogP contribution is 2.28. The molecule has 0 amide bonds. The van der Waals surface area contributed by atoms with E-state index < -0.39 is 0 Å². The molecule has 0 spiro atoms. The summed E-state index contributed by atoms with van der Waals surface area (Å²) in [6.45, 7) is 3.95. The van der Waals surface area contributed by atoms with Crippen molar-refractivity contribution in [2.24, 2.45) is 5.73 Å². The van der Waals surface area contributed by atoms with E-state index in [0.29, 0.717) is 6.04 Å². The second-order valence-electron chi connectivity index (χ2n) is 5.23. The summed E-state index contributed by atoms with van der Waals surface area (Å²) in [6, 6.07) is 11.0. The van der Waals surface area contributed by atoms with Gasteiger partial charge in [0.2, 0.25) is 0 Å². The van der Waals surface area contributed by atoms with E-state index >= 15 is 0 Å². The molecule has 1 aromatic carbocycles. The number of hydrogen-bond acceptors (Lipinski definition) is 3. The van der Waals surface area contributed by atoms with Crippen molar-refractivity contribution >= 4 is 0 Å². The summed E-state index contributed by atoms with van der Waals surface area (Å²) in [5.74, 6) is 0. The van der Waals surface area contributed by atoms with Gasteiger partial charge >= 0.3 is 0 Å². The van der Waals surface area contributed by atoms with E-state index in [-0.39, 0.29) is 12.1 Å². The lowest BCUT2D eigenvalue weighted by atomic mass is 9.95. The zero-order chi connectivity index (χ0) is 13.0. The first kappa shape index (κ1) is 13.5. The van der Waals surface area contributed by atoms with Crippen LogP contribution in [0.1, 0.15) is 37.8 Å². The summed E-state index contributed by atoms with van der Waals surface area (Å²) in [5.41, 5.74) is 7.35. The van der Waals surface area contributed by atoms with Crippen molar-refractivity contribution in [1.82, 2.24) is 4.90 Å². The summed E-state index contributed by atoms with van der Waals surface area (Å²) in [7, 11) is 0.